The van der Waals surface area contributed by atoms with E-state index in [2.05, 4.69) is 10.1 Å². The molecule has 1 aliphatic heterocycles. The number of pyridine rings is 1. The zero-order valence-electron chi connectivity index (χ0n) is 25.1. The van der Waals surface area contributed by atoms with E-state index in [1.807, 2.05) is 12.1 Å². The maximum Gasteiger partial charge on any atom is 0.274 e. The smallest absolute Gasteiger partial charge is 0.274 e. The van der Waals surface area contributed by atoms with E-state index in [0.717, 1.165) is 42.9 Å². The summed E-state index contributed by atoms with van der Waals surface area (Å²) in [6, 6.07) is 7.04. The molecule has 1 saturated carbocycles. The van der Waals surface area contributed by atoms with E-state index < -0.39 is 55.7 Å². The summed E-state index contributed by atoms with van der Waals surface area (Å²) in [5.41, 5.74) is 0.533. The number of hydrogen-bond acceptors (Lipinski definition) is 6. The Bertz CT molecular complexity index is 2000. The maximum atomic E-state index is 14.8. The minimum atomic E-state index is -5.19. The number of amides is 1. The van der Waals surface area contributed by atoms with Crippen LogP contribution < -0.4 is 10.5 Å². The highest BCUT2D eigenvalue weighted by atomic mass is 32.2. The minimum absolute atomic E-state index is 0.0140. The molecule has 6 rings (SSSR count). The number of carbonyl (C=O) groups excluding carboxylic acids is 1. The maximum absolute atomic E-state index is 14.8. The van der Waals surface area contributed by atoms with Crippen LogP contribution in [0.25, 0.3) is 10.8 Å². The van der Waals surface area contributed by atoms with E-state index in [-0.39, 0.29) is 25.1 Å². The van der Waals surface area contributed by atoms with Gasteiger partial charge in [0.15, 0.2) is 28.2 Å². The first kappa shape index (κ1) is 31.8. The van der Waals surface area contributed by atoms with Gasteiger partial charge in [-0.05, 0) is 68.0 Å². The molecule has 3 heterocycles. The van der Waals surface area contributed by atoms with Crippen molar-refractivity contribution in [2.24, 2.45) is 7.05 Å². The first-order chi connectivity index (χ1) is 21.9. The molecule has 4 aromatic rings. The van der Waals surface area contributed by atoms with Crippen molar-refractivity contribution in [3.8, 4) is 0 Å². The molecule has 14 heteroatoms. The second-order valence-electron chi connectivity index (χ2n) is 11.8. The highest BCUT2D eigenvalue weighted by Gasteiger charge is 2.47. The normalized spacial score (nSPS) is 17.7. The zero-order chi connectivity index (χ0) is 32.9. The van der Waals surface area contributed by atoms with Crippen LogP contribution in [0, 0.1) is 30.2 Å². The molecular formula is C32H31F4N5O4S. The summed E-state index contributed by atoms with van der Waals surface area (Å²) in [5.74, 6) is -8.18. The molecular weight excluding hydrogens is 626 g/mol. The summed E-state index contributed by atoms with van der Waals surface area (Å²) in [5, 5.41) is 4.81. The molecule has 2 aromatic carbocycles. The number of fused-ring (bicyclic) bond motifs is 1. The predicted octanol–water partition coefficient (Wildman–Crippen LogP) is 5.24. The SMILES string of the molecule is Cc1c(F)c(F)c(S(=O)(=O)N2CC[C@@H]2C(=O)N(Cc2cc(C3CCCCC3)ccn2)c2ccc3c(=O)n(C)ncc3c2)c(F)c1F. The van der Waals surface area contributed by atoms with Gasteiger partial charge in [-0.25, -0.2) is 30.7 Å². The topological polar surface area (TPSA) is 105 Å². The highest BCUT2D eigenvalue weighted by Crippen LogP contribution is 2.36. The molecule has 2 fully saturated rings. The van der Waals surface area contributed by atoms with Gasteiger partial charge in [0.25, 0.3) is 5.56 Å². The Balaban J connectivity index is 1.39. The van der Waals surface area contributed by atoms with Gasteiger partial charge in [-0.3, -0.25) is 14.6 Å². The molecule has 1 aliphatic carbocycles. The molecule has 242 valence electrons. The van der Waals surface area contributed by atoms with Crippen LogP contribution in [0.2, 0.25) is 0 Å². The Labute approximate surface area is 262 Å². The highest BCUT2D eigenvalue weighted by molar-refractivity contribution is 7.89. The first-order valence-electron chi connectivity index (χ1n) is 15.0. The fraction of sp³-hybridized carbons (Fsp3) is 0.375. The monoisotopic (exact) mass is 657 g/mol. The fourth-order valence-corrected chi connectivity index (χ4v) is 8.01. The molecule has 2 aromatic heterocycles. The Morgan fingerprint density at radius 2 is 1.67 bits per heavy atom. The quantitative estimate of drug-likeness (QED) is 0.199. The Hall–Kier alpha value is -4.17. The number of anilines is 1. The van der Waals surface area contributed by atoms with Gasteiger partial charge in [-0.1, -0.05) is 19.3 Å². The molecule has 2 aliphatic rings. The summed E-state index contributed by atoms with van der Waals surface area (Å²) in [7, 11) is -3.69. The van der Waals surface area contributed by atoms with Crippen molar-refractivity contribution in [2.45, 2.75) is 68.8 Å². The largest absolute Gasteiger partial charge is 0.305 e. The summed E-state index contributed by atoms with van der Waals surface area (Å²) >= 11 is 0. The van der Waals surface area contributed by atoms with Crippen molar-refractivity contribution in [3.63, 3.8) is 0 Å². The van der Waals surface area contributed by atoms with Gasteiger partial charge in [0.1, 0.15) is 6.04 Å². The van der Waals surface area contributed by atoms with Gasteiger partial charge in [-0.15, -0.1) is 0 Å². The number of halogens is 4. The second kappa shape index (κ2) is 12.2. The number of aryl methyl sites for hydroxylation is 1. The number of sulfonamides is 1. The van der Waals surface area contributed by atoms with Crippen molar-refractivity contribution in [1.29, 1.82) is 0 Å². The summed E-state index contributed by atoms with van der Waals surface area (Å²) in [6.45, 7) is 0.382. The average molecular weight is 658 g/mol. The van der Waals surface area contributed by atoms with Gasteiger partial charge in [0, 0.05) is 36.4 Å². The third-order valence-corrected chi connectivity index (χ3v) is 10.9. The Morgan fingerprint density at radius 1 is 0.978 bits per heavy atom. The molecule has 1 amide bonds. The van der Waals surface area contributed by atoms with Crippen molar-refractivity contribution >= 4 is 32.4 Å². The molecule has 0 N–H and O–H groups in total. The van der Waals surface area contributed by atoms with Crippen molar-refractivity contribution < 1.29 is 30.8 Å². The number of aromatic nitrogens is 3. The van der Waals surface area contributed by atoms with Gasteiger partial charge in [0.2, 0.25) is 15.9 Å². The lowest BCUT2D eigenvalue weighted by Crippen LogP contribution is -2.59. The van der Waals surface area contributed by atoms with E-state index in [1.54, 1.807) is 12.3 Å². The zero-order valence-corrected chi connectivity index (χ0v) is 26.0. The molecule has 46 heavy (non-hydrogen) atoms. The number of benzene rings is 2. The van der Waals surface area contributed by atoms with Gasteiger partial charge >= 0.3 is 0 Å². The van der Waals surface area contributed by atoms with E-state index >= 15 is 0 Å². The fourth-order valence-electron chi connectivity index (χ4n) is 6.27. The lowest BCUT2D eigenvalue weighted by atomic mass is 9.84. The molecule has 9 nitrogen and oxygen atoms in total. The standard InChI is InChI=1S/C32H31F4N5O4S/c1-18-26(33)28(35)30(29(36)27(18)34)46(44,45)41-13-11-25(41)32(43)40(23-8-9-24-21(15-23)16-38-39(2)31(24)42)17-22-14-20(10-12-37-22)19-6-4-3-5-7-19/h8-10,12,14-16,19,25H,3-7,11,13,17H2,1-2H3/t25-/m1/s1. The van der Waals surface area contributed by atoms with Crippen LogP contribution >= 0.6 is 0 Å². The molecule has 0 bridgehead atoms. The van der Waals surface area contributed by atoms with Crippen molar-refractivity contribution in [3.05, 3.63) is 93.2 Å². The molecule has 1 saturated heterocycles. The van der Waals surface area contributed by atoms with Crippen LogP contribution in [0.15, 0.2) is 52.4 Å². The van der Waals surface area contributed by atoms with E-state index in [4.69, 9.17) is 0 Å². The minimum Gasteiger partial charge on any atom is -0.305 e. The molecule has 0 radical (unpaired) electrons. The number of hydrogen-bond donors (Lipinski definition) is 0. The van der Waals surface area contributed by atoms with E-state index in [9.17, 15) is 35.6 Å². The van der Waals surface area contributed by atoms with Crippen LogP contribution in [0.5, 0.6) is 0 Å². The van der Waals surface area contributed by atoms with Crippen LogP contribution in [-0.4, -0.2) is 46.0 Å². The number of nitrogens with zero attached hydrogens (tertiary/aromatic N) is 5. The molecule has 0 spiro atoms. The summed E-state index contributed by atoms with van der Waals surface area (Å²) in [6.07, 6.45) is 8.55. The first-order valence-corrected chi connectivity index (χ1v) is 16.4. The average Bonchev–Trinajstić information content (AvgIpc) is 3.03. The summed E-state index contributed by atoms with van der Waals surface area (Å²) < 4.78 is 87.0. The van der Waals surface area contributed by atoms with Crippen LogP contribution in [0.1, 0.15) is 61.3 Å². The van der Waals surface area contributed by atoms with Gasteiger partial charge < -0.3 is 4.90 Å². The Morgan fingerprint density at radius 3 is 2.33 bits per heavy atom. The number of carbonyl (C=O) groups is 1. The lowest BCUT2D eigenvalue weighted by molar-refractivity contribution is -0.125. The van der Waals surface area contributed by atoms with Crippen molar-refractivity contribution in [1.82, 2.24) is 19.1 Å². The van der Waals surface area contributed by atoms with Crippen LogP contribution in [0.3, 0.4) is 0 Å². The van der Waals surface area contributed by atoms with Crippen molar-refractivity contribution in [2.75, 3.05) is 11.4 Å². The van der Waals surface area contributed by atoms with E-state index in [1.165, 1.54) is 36.7 Å². The van der Waals surface area contributed by atoms with Gasteiger partial charge in [0.05, 0.1) is 23.8 Å². The lowest BCUT2D eigenvalue weighted by Gasteiger charge is -2.41. The molecule has 1 atom stereocenters. The summed E-state index contributed by atoms with van der Waals surface area (Å²) in [4.78, 5) is 30.8. The Kier molecular flexibility index (Phi) is 8.44. The second-order valence-corrected chi connectivity index (χ2v) is 13.6. The van der Waals surface area contributed by atoms with Crippen LogP contribution in [0.4, 0.5) is 23.2 Å². The third-order valence-electron chi connectivity index (χ3n) is 9.01. The predicted molar refractivity (Wildman–Crippen MR) is 162 cm³/mol. The molecule has 0 unspecified atom stereocenters. The van der Waals surface area contributed by atoms with Crippen LogP contribution in [-0.2, 0) is 28.4 Å². The van der Waals surface area contributed by atoms with E-state index in [0.29, 0.717) is 32.4 Å². The van der Waals surface area contributed by atoms with Gasteiger partial charge in [-0.2, -0.15) is 9.40 Å². The number of rotatable bonds is 7. The third kappa shape index (κ3) is 5.46.